The van der Waals surface area contributed by atoms with Crippen molar-refractivity contribution in [2.45, 2.75) is 50.4 Å². The van der Waals surface area contributed by atoms with E-state index in [1.165, 1.54) is 12.8 Å². The van der Waals surface area contributed by atoms with Crippen LogP contribution in [0.2, 0.25) is 0 Å². The second-order valence-corrected chi connectivity index (χ2v) is 3.48. The number of rotatable bonds is 1. The summed E-state index contributed by atoms with van der Waals surface area (Å²) < 4.78 is 5.48. The maximum absolute atomic E-state index is 9.35. The van der Waals surface area contributed by atoms with Crippen LogP contribution in [0, 0.1) is 0 Å². The van der Waals surface area contributed by atoms with Crippen LogP contribution in [0.15, 0.2) is 0 Å². The van der Waals surface area contributed by atoms with Crippen molar-refractivity contribution in [3.8, 4) is 0 Å². The van der Waals surface area contributed by atoms with Crippen LogP contribution in [-0.4, -0.2) is 22.9 Å². The van der Waals surface area contributed by atoms with Gasteiger partial charge in [-0.3, -0.25) is 0 Å². The molecule has 0 spiro atoms. The Hall–Kier alpha value is -0.0800. The van der Waals surface area contributed by atoms with Gasteiger partial charge in [0.15, 0.2) is 0 Å². The zero-order valence-corrected chi connectivity index (χ0v) is 6.34. The van der Waals surface area contributed by atoms with Crippen molar-refractivity contribution in [2.24, 2.45) is 0 Å². The highest BCUT2D eigenvalue weighted by Crippen LogP contribution is 2.49. The van der Waals surface area contributed by atoms with E-state index in [9.17, 15) is 5.11 Å². The van der Waals surface area contributed by atoms with Crippen LogP contribution in [0.3, 0.4) is 0 Å². The minimum absolute atomic E-state index is 0.0990. The van der Waals surface area contributed by atoms with Gasteiger partial charge < -0.3 is 9.84 Å². The molecule has 0 aromatic carbocycles. The van der Waals surface area contributed by atoms with Crippen molar-refractivity contribution in [1.29, 1.82) is 0 Å². The Labute approximate surface area is 61.2 Å². The van der Waals surface area contributed by atoms with Crippen LogP contribution < -0.4 is 0 Å². The molecule has 1 saturated heterocycles. The lowest BCUT2D eigenvalue weighted by atomic mass is 9.86. The largest absolute Gasteiger partial charge is 0.390 e. The summed E-state index contributed by atoms with van der Waals surface area (Å²) in [4.78, 5) is 0. The van der Waals surface area contributed by atoms with Crippen LogP contribution in [0.4, 0.5) is 0 Å². The summed E-state index contributed by atoms with van der Waals surface area (Å²) >= 11 is 0. The summed E-state index contributed by atoms with van der Waals surface area (Å²) in [6, 6.07) is 0. The summed E-state index contributed by atoms with van der Waals surface area (Å²) in [7, 11) is 0. The Kier molecular flexibility index (Phi) is 1.29. The van der Waals surface area contributed by atoms with Gasteiger partial charge in [0.2, 0.25) is 0 Å². The van der Waals surface area contributed by atoms with Crippen LogP contribution in [0.25, 0.3) is 0 Å². The van der Waals surface area contributed by atoms with E-state index in [-0.39, 0.29) is 11.7 Å². The van der Waals surface area contributed by atoms with Crippen molar-refractivity contribution in [1.82, 2.24) is 0 Å². The van der Waals surface area contributed by atoms with Gasteiger partial charge in [0.1, 0.15) is 5.60 Å². The van der Waals surface area contributed by atoms with Crippen molar-refractivity contribution >= 4 is 0 Å². The van der Waals surface area contributed by atoms with Gasteiger partial charge in [0.25, 0.3) is 0 Å². The van der Waals surface area contributed by atoms with Crippen LogP contribution >= 0.6 is 0 Å². The molecule has 1 aliphatic carbocycles. The van der Waals surface area contributed by atoms with Crippen molar-refractivity contribution in [2.75, 3.05) is 0 Å². The summed E-state index contributed by atoms with van der Waals surface area (Å²) in [6.07, 6.45) is 4.85. The van der Waals surface area contributed by atoms with Gasteiger partial charge in [-0.05, 0) is 19.8 Å². The Bertz CT molecular complexity index is 144. The van der Waals surface area contributed by atoms with E-state index >= 15 is 0 Å². The summed E-state index contributed by atoms with van der Waals surface area (Å²) in [5, 5.41) is 9.35. The second kappa shape index (κ2) is 1.95. The van der Waals surface area contributed by atoms with Gasteiger partial charge in [-0.25, -0.2) is 0 Å². The van der Waals surface area contributed by atoms with E-state index in [0.717, 1.165) is 12.8 Å². The third kappa shape index (κ3) is 0.722. The van der Waals surface area contributed by atoms with Gasteiger partial charge in [0, 0.05) is 0 Å². The standard InChI is InChI=1S/C8H14O2/c1-6(9)8-5-3-2-4-7(8)10-8/h6-7,9H,2-5H2,1H3/t6?,7-,8-/m0/s1. The molecule has 0 aromatic heterocycles. The molecule has 1 saturated carbocycles. The summed E-state index contributed by atoms with van der Waals surface area (Å²) in [6.45, 7) is 1.84. The molecule has 1 aliphatic heterocycles. The lowest BCUT2D eigenvalue weighted by Gasteiger charge is -2.19. The Morgan fingerprint density at radius 3 is 2.90 bits per heavy atom. The number of epoxide rings is 1. The number of aliphatic hydroxyl groups excluding tert-OH is 1. The van der Waals surface area contributed by atoms with E-state index in [4.69, 9.17) is 4.74 Å². The first kappa shape index (κ1) is 6.62. The first-order chi connectivity index (χ1) is 4.76. The third-order valence-corrected chi connectivity index (χ3v) is 2.84. The first-order valence-electron chi connectivity index (χ1n) is 4.11. The average molecular weight is 142 g/mol. The molecule has 2 nitrogen and oxygen atoms in total. The maximum atomic E-state index is 9.35. The molecular weight excluding hydrogens is 128 g/mol. The number of aliphatic hydroxyl groups is 1. The highest BCUT2D eigenvalue weighted by Gasteiger charge is 2.60. The number of fused-ring (bicyclic) bond motifs is 1. The highest BCUT2D eigenvalue weighted by molar-refractivity contribution is 5.08. The molecule has 2 aliphatic rings. The second-order valence-electron chi connectivity index (χ2n) is 3.48. The lowest BCUT2D eigenvalue weighted by Crippen LogP contribution is -2.31. The Balaban J connectivity index is 2.05. The molecule has 58 valence electrons. The lowest BCUT2D eigenvalue weighted by molar-refractivity contribution is 0.0821. The van der Waals surface area contributed by atoms with E-state index in [2.05, 4.69) is 0 Å². The van der Waals surface area contributed by atoms with Gasteiger partial charge in [-0.15, -0.1) is 0 Å². The SMILES string of the molecule is CC(O)[C@@]12CCCC[C@@H]1O2. The molecule has 0 aromatic rings. The van der Waals surface area contributed by atoms with Gasteiger partial charge in [-0.2, -0.15) is 0 Å². The minimum atomic E-state index is -0.266. The van der Waals surface area contributed by atoms with Crippen molar-refractivity contribution < 1.29 is 9.84 Å². The number of ether oxygens (including phenoxy) is 1. The van der Waals surface area contributed by atoms with Crippen LogP contribution in [0.5, 0.6) is 0 Å². The molecule has 10 heavy (non-hydrogen) atoms. The molecule has 0 bridgehead atoms. The maximum Gasteiger partial charge on any atom is 0.120 e. The predicted octanol–water partition coefficient (Wildman–Crippen LogP) is 1.08. The Morgan fingerprint density at radius 1 is 1.60 bits per heavy atom. The van der Waals surface area contributed by atoms with Crippen LogP contribution in [-0.2, 0) is 4.74 Å². The molecule has 2 fully saturated rings. The fraction of sp³-hybridized carbons (Fsp3) is 1.00. The van der Waals surface area contributed by atoms with E-state index in [0.29, 0.717) is 6.10 Å². The van der Waals surface area contributed by atoms with Gasteiger partial charge in [0.05, 0.1) is 12.2 Å². The summed E-state index contributed by atoms with van der Waals surface area (Å²) in [5.74, 6) is 0. The first-order valence-corrected chi connectivity index (χ1v) is 4.11. The molecule has 2 heteroatoms. The van der Waals surface area contributed by atoms with Crippen molar-refractivity contribution in [3.05, 3.63) is 0 Å². The molecule has 0 amide bonds. The van der Waals surface area contributed by atoms with Crippen LogP contribution in [0.1, 0.15) is 32.6 Å². The molecule has 1 heterocycles. The smallest absolute Gasteiger partial charge is 0.120 e. The third-order valence-electron chi connectivity index (χ3n) is 2.84. The zero-order chi connectivity index (χ0) is 7.19. The molecule has 3 atom stereocenters. The van der Waals surface area contributed by atoms with Crippen molar-refractivity contribution in [3.63, 3.8) is 0 Å². The molecule has 0 radical (unpaired) electrons. The molecule has 1 N–H and O–H groups in total. The van der Waals surface area contributed by atoms with E-state index in [1.807, 2.05) is 6.92 Å². The van der Waals surface area contributed by atoms with Gasteiger partial charge >= 0.3 is 0 Å². The summed E-state index contributed by atoms with van der Waals surface area (Å²) in [5.41, 5.74) is -0.0990. The van der Waals surface area contributed by atoms with E-state index in [1.54, 1.807) is 0 Å². The minimum Gasteiger partial charge on any atom is -0.390 e. The average Bonchev–Trinajstić information content (AvgIpc) is 2.61. The highest BCUT2D eigenvalue weighted by atomic mass is 16.6. The van der Waals surface area contributed by atoms with E-state index < -0.39 is 0 Å². The fourth-order valence-electron chi connectivity index (χ4n) is 2.06. The predicted molar refractivity (Wildman–Crippen MR) is 37.8 cm³/mol. The molecular formula is C8H14O2. The molecule has 1 unspecified atom stereocenters. The monoisotopic (exact) mass is 142 g/mol. The normalized spacial score (nSPS) is 48.0. The van der Waals surface area contributed by atoms with Gasteiger partial charge in [-0.1, -0.05) is 12.8 Å². The topological polar surface area (TPSA) is 32.8 Å². The number of hydrogen-bond donors (Lipinski definition) is 1. The molecule has 2 rings (SSSR count). The quantitative estimate of drug-likeness (QED) is 0.556. The zero-order valence-electron chi connectivity index (χ0n) is 6.34. The number of hydrogen-bond acceptors (Lipinski definition) is 2. The fourth-order valence-corrected chi connectivity index (χ4v) is 2.06. The Morgan fingerprint density at radius 2 is 2.40 bits per heavy atom.